The minimum absolute atomic E-state index is 0.0181. The van der Waals surface area contributed by atoms with Crippen molar-refractivity contribution in [2.24, 2.45) is 0 Å². The Morgan fingerprint density at radius 1 is 1.00 bits per heavy atom. The van der Waals surface area contributed by atoms with Gasteiger partial charge in [0.05, 0.1) is 24.1 Å². The van der Waals surface area contributed by atoms with Gasteiger partial charge in [-0.15, -0.1) is 0 Å². The molecule has 4 rings (SSSR count). The third-order valence-electron chi connectivity index (χ3n) is 6.54. The van der Waals surface area contributed by atoms with Crippen LogP contribution in [0.5, 0.6) is 11.5 Å². The first-order valence-corrected chi connectivity index (χ1v) is 13.4. The molecule has 0 spiro atoms. The first kappa shape index (κ1) is 30.6. The standard InChI is InChI=1S/C32H30FN3O7/c1-19-3-8-26(33)21(13-19)15-23(37)14-20-4-6-24(7-5-20)43-25-11-12-34-29(17-25)28-16-22(18-35-28)31(40)36-27(32(41)42-2)9-10-30(38)39/h3-8,11-13,16-18,27,35H,9-10,14-15H2,1-2H3,(H,36,40)(H,38,39)/t27-/m0/s1. The molecule has 0 aliphatic heterocycles. The Bertz CT molecular complexity index is 1630. The first-order valence-electron chi connectivity index (χ1n) is 13.4. The fourth-order valence-electron chi connectivity index (χ4n) is 4.35. The lowest BCUT2D eigenvalue weighted by Crippen LogP contribution is -2.41. The van der Waals surface area contributed by atoms with E-state index in [4.69, 9.17) is 9.84 Å². The minimum Gasteiger partial charge on any atom is -0.481 e. The molecule has 3 N–H and O–H groups in total. The summed E-state index contributed by atoms with van der Waals surface area (Å²) >= 11 is 0. The second-order valence-electron chi connectivity index (χ2n) is 9.89. The largest absolute Gasteiger partial charge is 0.481 e. The Hall–Kier alpha value is -5.32. The number of ketones is 1. The SMILES string of the molecule is COC(=O)[C@H](CCC(=O)O)NC(=O)c1c[nH]c(-c2cc(Oc3ccc(CC(=O)Cc4cc(C)ccc4F)cc3)ccn2)c1. The Balaban J connectivity index is 1.37. The predicted octanol–water partition coefficient (Wildman–Crippen LogP) is 4.81. The fraction of sp³-hybridized carbons (Fsp3) is 0.219. The summed E-state index contributed by atoms with van der Waals surface area (Å²) in [7, 11) is 1.16. The van der Waals surface area contributed by atoms with Crippen LogP contribution >= 0.6 is 0 Å². The molecule has 2 aromatic carbocycles. The van der Waals surface area contributed by atoms with Crippen molar-refractivity contribution in [3.63, 3.8) is 0 Å². The smallest absolute Gasteiger partial charge is 0.328 e. The normalized spacial score (nSPS) is 11.4. The summed E-state index contributed by atoms with van der Waals surface area (Å²) in [5, 5.41) is 11.4. The molecule has 2 heterocycles. The number of methoxy groups -OCH3 is 1. The van der Waals surface area contributed by atoms with Crippen LogP contribution in [-0.4, -0.2) is 51.9 Å². The van der Waals surface area contributed by atoms with Crippen LogP contribution in [-0.2, 0) is 32.0 Å². The zero-order valence-corrected chi connectivity index (χ0v) is 23.6. The van der Waals surface area contributed by atoms with E-state index in [1.54, 1.807) is 60.8 Å². The molecule has 10 nitrogen and oxygen atoms in total. The minimum atomic E-state index is -1.11. The Morgan fingerprint density at radius 3 is 2.49 bits per heavy atom. The number of halogens is 1. The van der Waals surface area contributed by atoms with Crippen LogP contribution in [0.25, 0.3) is 11.4 Å². The summed E-state index contributed by atoms with van der Waals surface area (Å²) < 4.78 is 24.6. The predicted molar refractivity (Wildman–Crippen MR) is 154 cm³/mol. The summed E-state index contributed by atoms with van der Waals surface area (Å²) in [5.74, 6) is -1.91. The number of nitrogens with one attached hydrogen (secondary N) is 2. The molecule has 0 fully saturated rings. The summed E-state index contributed by atoms with van der Waals surface area (Å²) in [6.45, 7) is 1.85. The number of aromatic nitrogens is 2. The number of aromatic amines is 1. The number of carboxylic acids is 1. The molecular weight excluding hydrogens is 557 g/mol. The lowest BCUT2D eigenvalue weighted by atomic mass is 10.0. The van der Waals surface area contributed by atoms with Crippen molar-refractivity contribution in [1.82, 2.24) is 15.3 Å². The highest BCUT2D eigenvalue weighted by molar-refractivity contribution is 5.97. The molecule has 0 aliphatic rings. The topological polar surface area (TPSA) is 148 Å². The number of H-pyrrole nitrogens is 1. The molecule has 0 bridgehead atoms. The van der Waals surface area contributed by atoms with Crippen LogP contribution in [0.1, 0.15) is 39.9 Å². The molecule has 4 aromatic rings. The number of hydrogen-bond acceptors (Lipinski definition) is 7. The van der Waals surface area contributed by atoms with E-state index >= 15 is 0 Å². The summed E-state index contributed by atoms with van der Waals surface area (Å²) in [6, 6.07) is 15.5. The van der Waals surface area contributed by atoms with E-state index in [2.05, 4.69) is 20.0 Å². The van der Waals surface area contributed by atoms with Crippen molar-refractivity contribution in [1.29, 1.82) is 0 Å². The van der Waals surface area contributed by atoms with Crippen molar-refractivity contribution in [2.75, 3.05) is 7.11 Å². The van der Waals surface area contributed by atoms with Gasteiger partial charge in [-0.3, -0.25) is 19.4 Å². The number of carboxylic acid groups (broad SMARTS) is 1. The number of carbonyl (C=O) groups is 4. The van der Waals surface area contributed by atoms with Gasteiger partial charge in [0.1, 0.15) is 29.1 Å². The van der Waals surface area contributed by atoms with Crippen molar-refractivity contribution in [2.45, 2.75) is 38.6 Å². The van der Waals surface area contributed by atoms with Gasteiger partial charge in [-0.1, -0.05) is 29.8 Å². The Kier molecular flexibility index (Phi) is 10.00. The van der Waals surface area contributed by atoms with E-state index < -0.39 is 29.7 Å². The molecule has 222 valence electrons. The van der Waals surface area contributed by atoms with Gasteiger partial charge in [0.2, 0.25) is 0 Å². The molecular formula is C32H30FN3O7. The van der Waals surface area contributed by atoms with Crippen LogP contribution in [0.15, 0.2) is 73.1 Å². The second-order valence-corrected chi connectivity index (χ2v) is 9.89. The Labute approximate surface area is 246 Å². The second kappa shape index (κ2) is 14.0. The van der Waals surface area contributed by atoms with Crippen molar-refractivity contribution >= 4 is 23.6 Å². The van der Waals surface area contributed by atoms with E-state index in [1.807, 2.05) is 6.92 Å². The lowest BCUT2D eigenvalue weighted by molar-refractivity contribution is -0.143. The number of Topliss-reactive ketones (excluding diaryl/α,β-unsaturated/α-hetero) is 1. The van der Waals surface area contributed by atoms with Gasteiger partial charge in [-0.25, -0.2) is 9.18 Å². The number of carbonyl (C=O) groups excluding carboxylic acids is 3. The number of ether oxygens (including phenoxy) is 2. The molecule has 11 heteroatoms. The van der Waals surface area contributed by atoms with E-state index in [9.17, 15) is 23.6 Å². The maximum atomic E-state index is 14.0. The lowest BCUT2D eigenvalue weighted by Gasteiger charge is -2.15. The van der Waals surface area contributed by atoms with Gasteiger partial charge in [-0.2, -0.15) is 0 Å². The van der Waals surface area contributed by atoms with Gasteiger partial charge in [0, 0.05) is 37.7 Å². The number of pyridine rings is 1. The Morgan fingerprint density at radius 2 is 1.77 bits per heavy atom. The van der Waals surface area contributed by atoms with Crippen LogP contribution in [0.4, 0.5) is 4.39 Å². The van der Waals surface area contributed by atoms with Crippen molar-refractivity contribution < 1.29 is 38.1 Å². The molecule has 0 saturated heterocycles. The first-order chi connectivity index (χ1) is 20.6. The molecule has 2 aromatic heterocycles. The van der Waals surface area contributed by atoms with E-state index in [-0.39, 0.29) is 37.0 Å². The van der Waals surface area contributed by atoms with Crippen molar-refractivity contribution in [3.05, 3.63) is 101 Å². The van der Waals surface area contributed by atoms with Crippen LogP contribution in [0.3, 0.4) is 0 Å². The monoisotopic (exact) mass is 587 g/mol. The number of aryl methyl sites for hydroxylation is 1. The molecule has 1 amide bonds. The average Bonchev–Trinajstić information content (AvgIpc) is 3.48. The molecule has 1 atom stereocenters. The van der Waals surface area contributed by atoms with Crippen LogP contribution in [0, 0.1) is 12.7 Å². The third-order valence-corrected chi connectivity index (χ3v) is 6.54. The summed E-state index contributed by atoms with van der Waals surface area (Å²) in [5.41, 5.74) is 3.26. The summed E-state index contributed by atoms with van der Waals surface area (Å²) in [6.07, 6.45) is 2.74. The highest BCUT2D eigenvalue weighted by Gasteiger charge is 2.23. The molecule has 0 unspecified atom stereocenters. The van der Waals surface area contributed by atoms with Crippen molar-refractivity contribution in [3.8, 4) is 22.9 Å². The number of hydrogen-bond donors (Lipinski definition) is 3. The van der Waals surface area contributed by atoms with Crippen LogP contribution < -0.4 is 10.1 Å². The molecule has 0 aliphatic carbocycles. The third kappa shape index (κ3) is 8.59. The molecule has 0 radical (unpaired) electrons. The highest BCUT2D eigenvalue weighted by atomic mass is 19.1. The number of rotatable bonds is 13. The quantitative estimate of drug-likeness (QED) is 0.189. The van der Waals surface area contributed by atoms with Gasteiger partial charge >= 0.3 is 11.9 Å². The maximum Gasteiger partial charge on any atom is 0.328 e. The van der Waals surface area contributed by atoms with E-state index in [0.29, 0.717) is 28.5 Å². The van der Waals surface area contributed by atoms with Gasteiger partial charge in [0.15, 0.2) is 0 Å². The fourth-order valence-corrected chi connectivity index (χ4v) is 4.35. The van der Waals surface area contributed by atoms with Gasteiger partial charge < -0.3 is 24.9 Å². The maximum absolute atomic E-state index is 14.0. The zero-order valence-electron chi connectivity index (χ0n) is 23.6. The number of aliphatic carboxylic acids is 1. The number of nitrogens with zero attached hydrogens (tertiary/aromatic N) is 1. The molecule has 0 saturated carbocycles. The number of esters is 1. The zero-order chi connectivity index (χ0) is 30.9. The van der Waals surface area contributed by atoms with E-state index in [0.717, 1.165) is 18.2 Å². The molecule has 43 heavy (non-hydrogen) atoms. The summed E-state index contributed by atoms with van der Waals surface area (Å²) in [4.78, 5) is 55.4. The van der Waals surface area contributed by atoms with Crippen LogP contribution in [0.2, 0.25) is 0 Å². The van der Waals surface area contributed by atoms with Gasteiger partial charge in [0.25, 0.3) is 5.91 Å². The number of amides is 1. The average molecular weight is 588 g/mol. The highest BCUT2D eigenvalue weighted by Crippen LogP contribution is 2.26. The van der Waals surface area contributed by atoms with E-state index in [1.165, 1.54) is 12.3 Å². The number of benzene rings is 2. The van der Waals surface area contributed by atoms with Gasteiger partial charge in [-0.05, 0) is 54.8 Å².